The highest BCUT2D eigenvalue weighted by Gasteiger charge is 2.04. The van der Waals surface area contributed by atoms with Crippen LogP contribution in [0, 0.1) is 5.82 Å². The molecule has 0 unspecified atom stereocenters. The smallest absolute Gasteiger partial charge is 0.145 e. The third-order valence-corrected chi connectivity index (χ3v) is 3.74. The largest absolute Gasteiger partial charge is 0.365 e. The summed E-state index contributed by atoms with van der Waals surface area (Å²) in [4.78, 5) is 9.00. The van der Waals surface area contributed by atoms with Crippen molar-refractivity contribution < 1.29 is 4.39 Å². The van der Waals surface area contributed by atoms with Crippen LogP contribution in [0.5, 0.6) is 0 Å². The molecule has 0 amide bonds. The number of H-pyrrole nitrogens is 1. The fourth-order valence-electron chi connectivity index (χ4n) is 2.52. The van der Waals surface area contributed by atoms with Crippen molar-refractivity contribution in [2.75, 3.05) is 5.32 Å². The minimum Gasteiger partial charge on any atom is -0.365 e. The first-order valence-corrected chi connectivity index (χ1v) is 7.52. The highest BCUT2D eigenvalue weighted by molar-refractivity contribution is 5.85. The van der Waals surface area contributed by atoms with Crippen LogP contribution in [0.25, 0.3) is 22.2 Å². The van der Waals surface area contributed by atoms with Crippen LogP contribution in [0.4, 0.5) is 10.2 Å². The van der Waals surface area contributed by atoms with Gasteiger partial charge in [-0.25, -0.2) is 9.37 Å². The highest BCUT2D eigenvalue weighted by atomic mass is 35.5. The summed E-state index contributed by atoms with van der Waals surface area (Å²) in [6.07, 6.45) is 5.29. The van der Waals surface area contributed by atoms with E-state index >= 15 is 0 Å². The van der Waals surface area contributed by atoms with Crippen molar-refractivity contribution in [2.24, 2.45) is 0 Å². The zero-order chi connectivity index (χ0) is 16.4. The van der Waals surface area contributed by atoms with Crippen LogP contribution in [0.15, 0.2) is 61.1 Å². The molecule has 0 saturated carbocycles. The second kappa shape index (κ2) is 7.27. The third kappa shape index (κ3) is 3.75. The summed E-state index contributed by atoms with van der Waals surface area (Å²) in [7, 11) is 0. The minimum absolute atomic E-state index is 0. The van der Waals surface area contributed by atoms with Crippen molar-refractivity contribution >= 4 is 29.3 Å². The van der Waals surface area contributed by atoms with Gasteiger partial charge in [-0.15, -0.1) is 12.4 Å². The molecule has 0 fully saturated rings. The second-order valence-corrected chi connectivity index (χ2v) is 5.43. The van der Waals surface area contributed by atoms with Crippen LogP contribution < -0.4 is 5.32 Å². The number of benzene rings is 2. The van der Waals surface area contributed by atoms with Gasteiger partial charge < -0.3 is 5.32 Å². The molecule has 2 aromatic heterocycles. The van der Waals surface area contributed by atoms with Gasteiger partial charge in [0.2, 0.25) is 0 Å². The Morgan fingerprint density at radius 2 is 1.92 bits per heavy atom. The maximum atomic E-state index is 13.2. The summed E-state index contributed by atoms with van der Waals surface area (Å²) in [6.45, 7) is 0.491. The number of aromatic amines is 1. The Bertz CT molecular complexity index is 988. The number of nitrogens with one attached hydrogen (secondary N) is 2. The fraction of sp³-hybridized carbons (Fsp3) is 0.0556. The topological polar surface area (TPSA) is 66.5 Å². The van der Waals surface area contributed by atoms with Crippen molar-refractivity contribution in [2.45, 2.75) is 6.54 Å². The third-order valence-electron chi connectivity index (χ3n) is 3.74. The Morgan fingerprint density at radius 3 is 2.72 bits per heavy atom. The molecule has 0 aliphatic rings. The molecule has 0 aliphatic carbocycles. The molecule has 4 aromatic rings. The first-order chi connectivity index (χ1) is 11.8. The maximum Gasteiger partial charge on any atom is 0.145 e. The van der Waals surface area contributed by atoms with E-state index in [1.165, 1.54) is 12.1 Å². The predicted molar refractivity (Wildman–Crippen MR) is 98.1 cm³/mol. The molecule has 0 saturated heterocycles. The van der Waals surface area contributed by atoms with Gasteiger partial charge in [-0.1, -0.05) is 18.2 Å². The van der Waals surface area contributed by atoms with Gasteiger partial charge in [0.1, 0.15) is 11.6 Å². The molecular weight excluding hydrogens is 341 g/mol. The molecule has 0 bridgehead atoms. The zero-order valence-electron chi connectivity index (χ0n) is 13.1. The molecule has 2 heterocycles. The summed E-state index contributed by atoms with van der Waals surface area (Å²) in [6, 6.07) is 12.4. The van der Waals surface area contributed by atoms with Crippen LogP contribution >= 0.6 is 12.4 Å². The lowest BCUT2D eigenvalue weighted by Gasteiger charge is -2.07. The van der Waals surface area contributed by atoms with E-state index in [9.17, 15) is 4.39 Å². The highest BCUT2D eigenvalue weighted by Crippen LogP contribution is 2.22. The van der Waals surface area contributed by atoms with Gasteiger partial charge >= 0.3 is 0 Å². The number of nitrogens with zero attached hydrogens (tertiary/aromatic N) is 3. The minimum atomic E-state index is -0.245. The quantitative estimate of drug-likeness (QED) is 0.576. The van der Waals surface area contributed by atoms with E-state index in [0.717, 1.165) is 27.7 Å². The van der Waals surface area contributed by atoms with Crippen LogP contribution in [0.1, 0.15) is 5.56 Å². The fourth-order valence-corrected chi connectivity index (χ4v) is 2.52. The van der Waals surface area contributed by atoms with E-state index in [-0.39, 0.29) is 18.2 Å². The number of halogens is 2. The number of rotatable bonds is 4. The van der Waals surface area contributed by atoms with E-state index < -0.39 is 0 Å². The maximum absolute atomic E-state index is 13.2. The Kier molecular flexibility index (Phi) is 4.90. The van der Waals surface area contributed by atoms with Crippen molar-refractivity contribution in [3.63, 3.8) is 0 Å². The standard InChI is InChI=1S/C18H14FN5.ClH/c19-15-3-1-2-12(6-15)8-21-18-11-20-17-7-13(4-5-16(17)24-18)14-9-22-23-10-14;/h1-7,9-11H,8H2,(H,21,24)(H,22,23);1H. The normalized spacial score (nSPS) is 10.4. The molecule has 7 heteroatoms. The molecule has 4 rings (SSSR count). The first kappa shape index (κ1) is 16.9. The average Bonchev–Trinajstić information content (AvgIpc) is 3.14. The van der Waals surface area contributed by atoms with Gasteiger partial charge in [0.25, 0.3) is 0 Å². The molecule has 0 radical (unpaired) electrons. The molecule has 0 atom stereocenters. The van der Waals surface area contributed by atoms with Crippen molar-refractivity contribution in [1.82, 2.24) is 20.2 Å². The summed E-state index contributed by atoms with van der Waals surface area (Å²) < 4.78 is 13.2. The monoisotopic (exact) mass is 355 g/mol. The van der Waals surface area contributed by atoms with Crippen LogP contribution in [0.2, 0.25) is 0 Å². The Morgan fingerprint density at radius 1 is 1.00 bits per heavy atom. The van der Waals surface area contributed by atoms with Gasteiger partial charge in [0, 0.05) is 18.3 Å². The summed E-state index contributed by atoms with van der Waals surface area (Å²) >= 11 is 0. The molecule has 25 heavy (non-hydrogen) atoms. The van der Waals surface area contributed by atoms with Gasteiger partial charge in [-0.3, -0.25) is 10.1 Å². The lowest BCUT2D eigenvalue weighted by Crippen LogP contribution is -2.02. The van der Waals surface area contributed by atoms with E-state index in [4.69, 9.17) is 0 Å². The van der Waals surface area contributed by atoms with Crippen LogP contribution in [0.3, 0.4) is 0 Å². The van der Waals surface area contributed by atoms with E-state index in [1.807, 2.05) is 30.5 Å². The SMILES string of the molecule is Cl.Fc1cccc(CNc2cnc3cc(-c4cn[nH]c4)ccc3n2)c1. The number of anilines is 1. The van der Waals surface area contributed by atoms with Crippen molar-refractivity contribution in [3.05, 3.63) is 72.4 Å². The molecule has 126 valence electrons. The van der Waals surface area contributed by atoms with Gasteiger partial charge in [-0.05, 0) is 35.4 Å². The summed E-state index contributed by atoms with van der Waals surface area (Å²) in [5.74, 6) is 0.411. The zero-order valence-corrected chi connectivity index (χ0v) is 13.9. The van der Waals surface area contributed by atoms with E-state index in [1.54, 1.807) is 18.5 Å². The Labute approximate surface area is 149 Å². The Hall–Kier alpha value is -2.99. The number of hydrogen-bond acceptors (Lipinski definition) is 4. The summed E-state index contributed by atoms with van der Waals surface area (Å²) in [5, 5.41) is 9.92. The molecule has 2 aromatic carbocycles. The molecule has 0 spiro atoms. The van der Waals surface area contributed by atoms with Gasteiger partial charge in [0.15, 0.2) is 0 Å². The lowest BCUT2D eigenvalue weighted by molar-refractivity contribution is 0.626. The van der Waals surface area contributed by atoms with E-state index in [2.05, 4.69) is 25.5 Å². The second-order valence-electron chi connectivity index (χ2n) is 5.43. The van der Waals surface area contributed by atoms with Gasteiger partial charge in [-0.2, -0.15) is 5.10 Å². The van der Waals surface area contributed by atoms with Crippen molar-refractivity contribution in [3.8, 4) is 11.1 Å². The lowest BCUT2D eigenvalue weighted by atomic mass is 10.1. The summed E-state index contributed by atoms with van der Waals surface area (Å²) in [5.41, 5.74) is 4.50. The number of fused-ring (bicyclic) bond motifs is 1. The number of aromatic nitrogens is 4. The molecule has 5 nitrogen and oxygen atoms in total. The molecule has 0 aliphatic heterocycles. The van der Waals surface area contributed by atoms with Crippen LogP contribution in [-0.2, 0) is 6.54 Å². The number of hydrogen-bond donors (Lipinski definition) is 2. The first-order valence-electron chi connectivity index (χ1n) is 7.52. The molecular formula is C18H15ClFN5. The van der Waals surface area contributed by atoms with Gasteiger partial charge in [0.05, 0.1) is 23.4 Å². The average molecular weight is 356 g/mol. The van der Waals surface area contributed by atoms with Crippen LogP contribution in [-0.4, -0.2) is 20.2 Å². The predicted octanol–water partition coefficient (Wildman–Crippen LogP) is 4.19. The van der Waals surface area contributed by atoms with E-state index in [0.29, 0.717) is 12.4 Å². The Balaban J connectivity index is 0.00000182. The van der Waals surface area contributed by atoms with Crippen molar-refractivity contribution in [1.29, 1.82) is 0 Å². The molecule has 2 N–H and O–H groups in total.